The largest absolute Gasteiger partial charge is 0.490 e. The van der Waals surface area contributed by atoms with Gasteiger partial charge in [-0.1, -0.05) is 6.07 Å². The summed E-state index contributed by atoms with van der Waals surface area (Å²) in [6.45, 7) is 3.77. The van der Waals surface area contributed by atoms with Crippen molar-refractivity contribution in [2.45, 2.75) is 13.8 Å². The molecular formula is C23H18FN3O5. The van der Waals surface area contributed by atoms with Gasteiger partial charge in [-0.25, -0.2) is 9.18 Å². The van der Waals surface area contributed by atoms with Crippen LogP contribution in [0.5, 0.6) is 11.5 Å². The highest BCUT2D eigenvalue weighted by Gasteiger charge is 2.34. The molecule has 2 aliphatic heterocycles. The Bertz CT molecular complexity index is 1210. The third-order valence-corrected chi connectivity index (χ3v) is 4.54. The molecule has 0 atom stereocenters. The number of hydrogen-bond acceptors (Lipinski definition) is 6. The van der Waals surface area contributed by atoms with Crippen LogP contribution in [0, 0.1) is 11.2 Å². The molecule has 0 aliphatic carbocycles. The van der Waals surface area contributed by atoms with E-state index in [9.17, 15) is 14.0 Å². The van der Waals surface area contributed by atoms with E-state index in [4.69, 9.17) is 19.7 Å². The first-order valence-electron chi connectivity index (χ1n) is 9.70. The van der Waals surface area contributed by atoms with Gasteiger partial charge in [0.2, 0.25) is 0 Å². The Morgan fingerprint density at radius 3 is 2.69 bits per heavy atom. The van der Waals surface area contributed by atoms with Gasteiger partial charge in [-0.15, -0.1) is 5.06 Å². The zero-order chi connectivity index (χ0) is 22.8. The van der Waals surface area contributed by atoms with Crippen molar-refractivity contribution in [2.75, 3.05) is 6.61 Å². The van der Waals surface area contributed by atoms with Crippen molar-refractivity contribution in [3.63, 3.8) is 0 Å². The normalized spacial score (nSPS) is 16.3. The third-order valence-electron chi connectivity index (χ3n) is 4.54. The summed E-state index contributed by atoms with van der Waals surface area (Å²) in [6.07, 6.45) is 3.05. The maximum Gasteiger partial charge on any atom is 0.343 e. The van der Waals surface area contributed by atoms with Crippen LogP contribution < -0.4 is 9.47 Å². The summed E-state index contributed by atoms with van der Waals surface area (Å²) in [7, 11) is 0. The molecule has 0 unspecified atom stereocenters. The van der Waals surface area contributed by atoms with E-state index in [0.29, 0.717) is 17.9 Å². The number of aliphatic imine (C=N–C) groups is 1. The zero-order valence-electron chi connectivity index (χ0n) is 17.2. The van der Waals surface area contributed by atoms with Gasteiger partial charge in [0.1, 0.15) is 11.6 Å². The number of ether oxygens (including phenoxy) is 2. The average Bonchev–Trinajstić information content (AvgIpc) is 3.13. The second-order valence-corrected chi connectivity index (χ2v) is 6.86. The first kappa shape index (κ1) is 21.0. The lowest BCUT2D eigenvalue weighted by molar-refractivity contribution is -0.114. The van der Waals surface area contributed by atoms with Crippen molar-refractivity contribution >= 4 is 29.6 Å². The lowest BCUT2D eigenvalue weighted by Gasteiger charge is -2.23. The van der Waals surface area contributed by atoms with E-state index < -0.39 is 17.7 Å². The SMILES string of the molecule is CCOc1cc(/C=C2/C(=N)N3OC(C)=CC3=NC2=O)ccc1OC(=O)c1ccc(F)cc1. The van der Waals surface area contributed by atoms with Crippen molar-refractivity contribution < 1.29 is 28.3 Å². The molecule has 0 saturated carbocycles. The Hall–Kier alpha value is -4.27. The van der Waals surface area contributed by atoms with Crippen LogP contribution in [0.1, 0.15) is 29.8 Å². The number of carbonyl (C=O) groups excluding carboxylic acids is 2. The Morgan fingerprint density at radius 2 is 1.97 bits per heavy atom. The first-order valence-corrected chi connectivity index (χ1v) is 9.70. The van der Waals surface area contributed by atoms with E-state index in [0.717, 1.165) is 0 Å². The minimum atomic E-state index is -0.669. The highest BCUT2D eigenvalue weighted by molar-refractivity contribution is 6.32. The maximum absolute atomic E-state index is 13.1. The van der Waals surface area contributed by atoms with E-state index in [1.807, 2.05) is 0 Å². The fraction of sp³-hybridized carbons (Fsp3) is 0.130. The Kier molecular flexibility index (Phi) is 5.55. The summed E-state index contributed by atoms with van der Waals surface area (Å²) < 4.78 is 24.1. The number of fused-ring (bicyclic) bond motifs is 1. The van der Waals surface area contributed by atoms with Gasteiger partial charge in [-0.3, -0.25) is 10.2 Å². The van der Waals surface area contributed by atoms with Crippen molar-refractivity contribution in [1.29, 1.82) is 5.41 Å². The predicted molar refractivity (Wildman–Crippen MR) is 114 cm³/mol. The molecule has 162 valence electrons. The molecule has 32 heavy (non-hydrogen) atoms. The predicted octanol–water partition coefficient (Wildman–Crippen LogP) is 3.89. The molecule has 2 aliphatic rings. The fourth-order valence-corrected chi connectivity index (χ4v) is 3.08. The van der Waals surface area contributed by atoms with Crippen molar-refractivity contribution in [1.82, 2.24) is 5.06 Å². The van der Waals surface area contributed by atoms with Gasteiger partial charge < -0.3 is 14.3 Å². The van der Waals surface area contributed by atoms with Crippen LogP contribution in [0.25, 0.3) is 6.08 Å². The molecule has 0 aromatic heterocycles. The second-order valence-electron chi connectivity index (χ2n) is 6.86. The molecule has 9 heteroatoms. The monoisotopic (exact) mass is 435 g/mol. The van der Waals surface area contributed by atoms with Crippen molar-refractivity contribution in [3.8, 4) is 11.5 Å². The number of amides is 1. The molecule has 0 saturated heterocycles. The number of benzene rings is 2. The van der Waals surface area contributed by atoms with E-state index in [2.05, 4.69) is 4.99 Å². The lowest BCUT2D eigenvalue weighted by Crippen LogP contribution is -2.38. The van der Waals surface area contributed by atoms with Gasteiger partial charge in [-0.05, 0) is 61.9 Å². The number of hydrogen-bond donors (Lipinski definition) is 1. The van der Waals surface area contributed by atoms with Gasteiger partial charge in [0, 0.05) is 6.08 Å². The van der Waals surface area contributed by atoms with Gasteiger partial charge in [0.15, 0.2) is 23.2 Å². The van der Waals surface area contributed by atoms with Crippen LogP contribution in [-0.4, -0.2) is 35.2 Å². The number of allylic oxidation sites excluding steroid dienone is 1. The van der Waals surface area contributed by atoms with Crippen LogP contribution >= 0.6 is 0 Å². The van der Waals surface area contributed by atoms with E-state index in [1.54, 1.807) is 32.1 Å². The third kappa shape index (κ3) is 4.13. The van der Waals surface area contributed by atoms with Crippen LogP contribution in [0.2, 0.25) is 0 Å². The van der Waals surface area contributed by atoms with Gasteiger partial charge in [-0.2, -0.15) is 4.99 Å². The minimum absolute atomic E-state index is 0.0374. The quantitative estimate of drug-likeness (QED) is 0.434. The molecule has 2 aromatic carbocycles. The Balaban J connectivity index is 1.60. The van der Waals surface area contributed by atoms with Crippen LogP contribution in [0.15, 0.2) is 64.9 Å². The number of esters is 1. The second kappa shape index (κ2) is 8.46. The molecule has 0 radical (unpaired) electrons. The summed E-state index contributed by atoms with van der Waals surface area (Å²) in [4.78, 5) is 34.2. The number of amidine groups is 2. The first-order chi connectivity index (χ1) is 15.4. The number of carbonyl (C=O) groups is 2. The molecule has 1 amide bonds. The highest BCUT2D eigenvalue weighted by atomic mass is 19.1. The van der Waals surface area contributed by atoms with Crippen molar-refractivity contribution in [3.05, 3.63) is 76.8 Å². The number of nitrogens with one attached hydrogen (secondary N) is 1. The lowest BCUT2D eigenvalue weighted by atomic mass is 10.1. The van der Waals surface area contributed by atoms with Gasteiger partial charge >= 0.3 is 5.97 Å². The van der Waals surface area contributed by atoms with Gasteiger partial charge in [0.25, 0.3) is 5.91 Å². The number of halogens is 1. The smallest absolute Gasteiger partial charge is 0.343 e. The molecule has 0 spiro atoms. The van der Waals surface area contributed by atoms with E-state index in [1.165, 1.54) is 41.5 Å². The standard InChI is InChI=1S/C23H18FN3O5/c1-3-30-19-12-14(4-9-18(19)31-23(29)15-5-7-16(24)8-6-15)11-17-21(25)27-20(26-22(17)28)10-13(2)32-27/h4-12,25H,3H2,1-2H3/b17-11-,25-21?. The van der Waals surface area contributed by atoms with E-state index in [-0.39, 0.29) is 34.3 Å². The molecule has 0 bridgehead atoms. The van der Waals surface area contributed by atoms with Crippen LogP contribution in [0.3, 0.4) is 0 Å². The molecule has 8 nitrogen and oxygen atoms in total. The fourth-order valence-electron chi connectivity index (χ4n) is 3.08. The molecule has 1 N–H and O–H groups in total. The number of rotatable bonds is 5. The molecule has 2 heterocycles. The maximum atomic E-state index is 13.1. The zero-order valence-corrected chi connectivity index (χ0v) is 17.2. The topological polar surface area (TPSA) is 101 Å². The minimum Gasteiger partial charge on any atom is -0.490 e. The number of hydroxylamine groups is 2. The molecule has 4 rings (SSSR count). The summed E-state index contributed by atoms with van der Waals surface area (Å²) in [5.74, 6) is -0.627. The Labute approximate surface area is 182 Å². The summed E-state index contributed by atoms with van der Waals surface area (Å²) in [5, 5.41) is 9.46. The van der Waals surface area contributed by atoms with Gasteiger partial charge in [0.05, 0.1) is 17.7 Å². The summed E-state index contributed by atoms with van der Waals surface area (Å²) >= 11 is 0. The summed E-state index contributed by atoms with van der Waals surface area (Å²) in [6, 6.07) is 9.68. The Morgan fingerprint density at radius 1 is 1.22 bits per heavy atom. The molecule has 2 aromatic rings. The van der Waals surface area contributed by atoms with E-state index >= 15 is 0 Å². The average molecular weight is 435 g/mol. The number of nitrogens with zero attached hydrogens (tertiary/aromatic N) is 2. The molecule has 0 fully saturated rings. The molecular weight excluding hydrogens is 417 g/mol. The van der Waals surface area contributed by atoms with Crippen LogP contribution in [0.4, 0.5) is 4.39 Å². The van der Waals surface area contributed by atoms with Crippen LogP contribution in [-0.2, 0) is 9.63 Å². The highest BCUT2D eigenvalue weighted by Crippen LogP contribution is 2.31. The summed E-state index contributed by atoms with van der Waals surface area (Å²) in [5.41, 5.74) is 0.755. The van der Waals surface area contributed by atoms with Crippen molar-refractivity contribution in [2.24, 2.45) is 4.99 Å².